The molecule has 3 rings (SSSR count). The number of carbonyl (C=O) groups excluding carboxylic acids is 1. The van der Waals surface area contributed by atoms with E-state index in [0.717, 1.165) is 16.7 Å². The first-order chi connectivity index (χ1) is 9.24. The Bertz CT molecular complexity index is 701. The Labute approximate surface area is 109 Å². The molecule has 96 valence electrons. The lowest BCUT2D eigenvalue weighted by atomic mass is 10.1. The number of nitrogens with zero attached hydrogens (tertiary/aromatic N) is 2. The quantitative estimate of drug-likeness (QED) is 0.666. The highest BCUT2D eigenvalue weighted by molar-refractivity contribution is 5.97. The van der Waals surface area contributed by atoms with Crippen molar-refractivity contribution in [2.75, 3.05) is 0 Å². The first kappa shape index (κ1) is 11.5. The van der Waals surface area contributed by atoms with Crippen LogP contribution in [-0.2, 0) is 0 Å². The first-order valence-electron chi connectivity index (χ1n) is 5.97. The number of amides is 1. The summed E-state index contributed by atoms with van der Waals surface area (Å²) in [6, 6.07) is 5.26. The van der Waals surface area contributed by atoms with Gasteiger partial charge in [0.25, 0.3) is 5.91 Å². The van der Waals surface area contributed by atoms with Gasteiger partial charge in [-0.1, -0.05) is 6.07 Å². The van der Waals surface area contributed by atoms with Crippen molar-refractivity contribution in [1.29, 1.82) is 0 Å². The van der Waals surface area contributed by atoms with E-state index in [9.17, 15) is 4.79 Å². The van der Waals surface area contributed by atoms with Crippen molar-refractivity contribution in [2.45, 2.75) is 13.0 Å². The molecule has 2 aromatic heterocycles. The molecular weight excluding hydrogens is 242 g/mol. The highest BCUT2D eigenvalue weighted by Crippen LogP contribution is 2.14. The van der Waals surface area contributed by atoms with E-state index >= 15 is 0 Å². The van der Waals surface area contributed by atoms with Crippen LogP contribution in [0.4, 0.5) is 0 Å². The second-order valence-corrected chi connectivity index (χ2v) is 4.34. The van der Waals surface area contributed by atoms with Gasteiger partial charge in [-0.2, -0.15) is 5.10 Å². The molecule has 6 heteroatoms. The third kappa shape index (κ3) is 2.20. The van der Waals surface area contributed by atoms with Gasteiger partial charge in [-0.3, -0.25) is 9.89 Å². The minimum atomic E-state index is -0.167. The van der Waals surface area contributed by atoms with Crippen LogP contribution in [0.1, 0.15) is 29.1 Å². The van der Waals surface area contributed by atoms with Gasteiger partial charge in [-0.05, 0) is 19.1 Å². The molecule has 3 aromatic rings. The number of aromatic nitrogens is 4. The molecule has 1 amide bonds. The lowest BCUT2D eigenvalue weighted by Gasteiger charge is -2.11. The van der Waals surface area contributed by atoms with Crippen LogP contribution in [-0.4, -0.2) is 26.1 Å². The molecule has 19 heavy (non-hydrogen) atoms. The minimum Gasteiger partial charge on any atom is -0.347 e. The Morgan fingerprint density at radius 2 is 2.32 bits per heavy atom. The van der Waals surface area contributed by atoms with Crippen molar-refractivity contribution in [2.24, 2.45) is 0 Å². The lowest BCUT2D eigenvalue weighted by Crippen LogP contribution is -2.27. The average molecular weight is 255 g/mol. The van der Waals surface area contributed by atoms with E-state index in [4.69, 9.17) is 0 Å². The summed E-state index contributed by atoms with van der Waals surface area (Å²) >= 11 is 0. The number of H-pyrrole nitrogens is 2. The molecule has 3 N–H and O–H groups in total. The summed E-state index contributed by atoms with van der Waals surface area (Å²) in [5.41, 5.74) is 1.44. The van der Waals surface area contributed by atoms with Gasteiger partial charge in [0.1, 0.15) is 5.82 Å². The van der Waals surface area contributed by atoms with E-state index in [0.29, 0.717) is 5.56 Å². The fourth-order valence-corrected chi connectivity index (χ4v) is 1.94. The Hall–Kier alpha value is -2.63. The monoisotopic (exact) mass is 255 g/mol. The highest BCUT2D eigenvalue weighted by Gasteiger charge is 2.13. The van der Waals surface area contributed by atoms with Crippen LogP contribution < -0.4 is 5.32 Å². The van der Waals surface area contributed by atoms with E-state index in [2.05, 4.69) is 25.5 Å². The van der Waals surface area contributed by atoms with Gasteiger partial charge in [-0.25, -0.2) is 4.98 Å². The maximum Gasteiger partial charge on any atom is 0.251 e. The molecule has 0 radical (unpaired) electrons. The molecule has 0 aliphatic rings. The molecule has 1 aromatic carbocycles. The van der Waals surface area contributed by atoms with Gasteiger partial charge in [0.15, 0.2) is 0 Å². The Balaban J connectivity index is 1.79. The summed E-state index contributed by atoms with van der Waals surface area (Å²) in [4.78, 5) is 19.2. The number of nitrogens with one attached hydrogen (secondary N) is 3. The van der Waals surface area contributed by atoms with Gasteiger partial charge in [-0.15, -0.1) is 0 Å². The maximum absolute atomic E-state index is 12.1. The summed E-state index contributed by atoms with van der Waals surface area (Å²) in [6.07, 6.45) is 5.12. The number of aromatic amines is 2. The molecule has 0 aliphatic carbocycles. The standard InChI is InChI=1S/C13H13N5O/c1-8(12-14-4-5-15-12)17-13(19)9-2-3-10-7-16-18-11(10)6-9/h2-8H,1H3,(H,14,15)(H,16,18)(H,17,19). The molecule has 0 aliphatic heterocycles. The number of benzene rings is 1. The van der Waals surface area contributed by atoms with E-state index in [-0.39, 0.29) is 11.9 Å². The third-order valence-corrected chi connectivity index (χ3v) is 2.98. The topological polar surface area (TPSA) is 86.5 Å². The predicted molar refractivity (Wildman–Crippen MR) is 70.6 cm³/mol. The van der Waals surface area contributed by atoms with Crippen molar-refractivity contribution in [3.8, 4) is 0 Å². The number of rotatable bonds is 3. The van der Waals surface area contributed by atoms with E-state index in [1.807, 2.05) is 13.0 Å². The number of carbonyl (C=O) groups is 1. The van der Waals surface area contributed by atoms with Crippen molar-refractivity contribution in [1.82, 2.24) is 25.5 Å². The molecule has 1 unspecified atom stereocenters. The fourth-order valence-electron chi connectivity index (χ4n) is 1.94. The lowest BCUT2D eigenvalue weighted by molar-refractivity contribution is 0.0938. The zero-order valence-corrected chi connectivity index (χ0v) is 10.3. The SMILES string of the molecule is CC(NC(=O)c1ccc2cn[nH]c2c1)c1ncc[nH]1. The second kappa shape index (κ2) is 4.56. The summed E-state index contributed by atoms with van der Waals surface area (Å²) in [5.74, 6) is 0.594. The number of fused-ring (bicyclic) bond motifs is 1. The predicted octanol–water partition coefficient (Wildman–Crippen LogP) is 1.78. The minimum absolute atomic E-state index is 0.139. The van der Waals surface area contributed by atoms with Gasteiger partial charge in [0.05, 0.1) is 17.8 Å². The van der Waals surface area contributed by atoms with Gasteiger partial charge in [0.2, 0.25) is 0 Å². The number of hydrogen-bond donors (Lipinski definition) is 3. The normalized spacial score (nSPS) is 12.5. The Kier molecular flexibility index (Phi) is 2.75. The van der Waals surface area contributed by atoms with Crippen molar-refractivity contribution in [3.63, 3.8) is 0 Å². The van der Waals surface area contributed by atoms with Crippen molar-refractivity contribution >= 4 is 16.8 Å². The zero-order chi connectivity index (χ0) is 13.2. The van der Waals surface area contributed by atoms with Crippen LogP contribution in [0.15, 0.2) is 36.8 Å². The van der Waals surface area contributed by atoms with Gasteiger partial charge in [0, 0.05) is 23.3 Å². The zero-order valence-electron chi connectivity index (χ0n) is 10.3. The Morgan fingerprint density at radius 1 is 1.42 bits per heavy atom. The third-order valence-electron chi connectivity index (χ3n) is 2.98. The molecule has 2 heterocycles. The largest absolute Gasteiger partial charge is 0.347 e. The van der Waals surface area contributed by atoms with Gasteiger partial charge < -0.3 is 10.3 Å². The smallest absolute Gasteiger partial charge is 0.251 e. The number of imidazole rings is 1. The van der Waals surface area contributed by atoms with Gasteiger partial charge >= 0.3 is 0 Å². The first-order valence-corrected chi connectivity index (χ1v) is 5.97. The van der Waals surface area contributed by atoms with Crippen molar-refractivity contribution in [3.05, 3.63) is 48.2 Å². The summed E-state index contributed by atoms with van der Waals surface area (Å²) < 4.78 is 0. The van der Waals surface area contributed by atoms with E-state index < -0.39 is 0 Å². The molecule has 0 saturated heterocycles. The number of hydrogen-bond acceptors (Lipinski definition) is 3. The van der Waals surface area contributed by atoms with Crippen molar-refractivity contribution < 1.29 is 4.79 Å². The van der Waals surface area contributed by atoms with E-state index in [1.54, 1.807) is 30.7 Å². The fraction of sp³-hybridized carbons (Fsp3) is 0.154. The summed E-state index contributed by atoms with van der Waals surface area (Å²) in [7, 11) is 0. The Morgan fingerprint density at radius 3 is 3.11 bits per heavy atom. The molecule has 1 atom stereocenters. The molecular formula is C13H13N5O. The van der Waals surface area contributed by atoms with Crippen LogP contribution in [0.3, 0.4) is 0 Å². The second-order valence-electron chi connectivity index (χ2n) is 4.34. The van der Waals surface area contributed by atoms with Crippen LogP contribution in [0.25, 0.3) is 10.9 Å². The molecule has 0 spiro atoms. The van der Waals surface area contributed by atoms with E-state index in [1.165, 1.54) is 0 Å². The van der Waals surface area contributed by atoms with Crippen LogP contribution >= 0.6 is 0 Å². The average Bonchev–Trinajstić information content (AvgIpc) is 3.09. The van der Waals surface area contributed by atoms with Crippen LogP contribution in [0.5, 0.6) is 0 Å². The molecule has 0 fully saturated rings. The summed E-state index contributed by atoms with van der Waals surface area (Å²) in [6.45, 7) is 1.88. The van der Waals surface area contributed by atoms with Crippen LogP contribution in [0, 0.1) is 0 Å². The molecule has 0 bridgehead atoms. The molecule has 0 saturated carbocycles. The van der Waals surface area contributed by atoms with Crippen LogP contribution in [0.2, 0.25) is 0 Å². The maximum atomic E-state index is 12.1. The molecule has 6 nitrogen and oxygen atoms in total. The highest BCUT2D eigenvalue weighted by atomic mass is 16.1. The summed E-state index contributed by atoms with van der Waals surface area (Å²) in [5, 5.41) is 10.6.